The monoisotopic (exact) mass is 321 g/mol. The van der Waals surface area contributed by atoms with Crippen LogP contribution in [0, 0.1) is 0 Å². The molecule has 5 heteroatoms. The summed E-state index contributed by atoms with van der Waals surface area (Å²) in [5, 5.41) is 0. The number of nitrogens with two attached hydrogens (primary N) is 1. The zero-order chi connectivity index (χ0) is 16.7. The topological polar surface area (TPSA) is 44.5 Å². The first-order valence-electron chi connectivity index (χ1n) is 7.57. The van der Waals surface area contributed by atoms with E-state index in [2.05, 4.69) is 0 Å². The van der Waals surface area contributed by atoms with Gasteiger partial charge in [-0.2, -0.15) is 0 Å². The second kappa shape index (κ2) is 8.48. The summed E-state index contributed by atoms with van der Waals surface area (Å²) in [5.74, 6) is 1.09. The van der Waals surface area contributed by atoms with Gasteiger partial charge in [-0.1, -0.05) is 36.4 Å². The molecule has 0 aliphatic heterocycles. The summed E-state index contributed by atoms with van der Waals surface area (Å²) in [6.07, 6.45) is -2.81. The SMILES string of the molecule is CCOc1cc([C@H](N)CC(F)F)ccc1OCc1ccccc1. The average molecular weight is 321 g/mol. The van der Waals surface area contributed by atoms with Crippen LogP contribution < -0.4 is 15.2 Å². The number of halogens is 2. The molecule has 1 atom stereocenters. The Labute approximate surface area is 135 Å². The van der Waals surface area contributed by atoms with Crippen molar-refractivity contribution in [3.8, 4) is 11.5 Å². The standard InChI is InChI=1S/C18H21F2NO2/c1-2-22-17-10-14(15(21)11-18(19)20)8-9-16(17)23-12-13-6-4-3-5-7-13/h3-10,15,18H,2,11-12,21H2,1H3/t15-/m1/s1. The molecule has 0 saturated heterocycles. The van der Waals surface area contributed by atoms with Crippen molar-refractivity contribution in [1.29, 1.82) is 0 Å². The van der Waals surface area contributed by atoms with Crippen molar-refractivity contribution in [1.82, 2.24) is 0 Å². The first-order chi connectivity index (χ1) is 11.1. The van der Waals surface area contributed by atoms with Gasteiger partial charge in [0.1, 0.15) is 6.61 Å². The van der Waals surface area contributed by atoms with Crippen LogP contribution in [0.3, 0.4) is 0 Å². The maximum absolute atomic E-state index is 12.5. The van der Waals surface area contributed by atoms with E-state index in [0.717, 1.165) is 5.56 Å². The van der Waals surface area contributed by atoms with E-state index in [1.54, 1.807) is 18.2 Å². The van der Waals surface area contributed by atoms with Crippen LogP contribution >= 0.6 is 0 Å². The molecule has 124 valence electrons. The van der Waals surface area contributed by atoms with Crippen molar-refractivity contribution < 1.29 is 18.3 Å². The van der Waals surface area contributed by atoms with E-state index >= 15 is 0 Å². The zero-order valence-corrected chi connectivity index (χ0v) is 13.0. The lowest BCUT2D eigenvalue weighted by molar-refractivity contribution is 0.128. The highest BCUT2D eigenvalue weighted by atomic mass is 19.3. The molecule has 0 amide bonds. The number of hydrogen-bond acceptors (Lipinski definition) is 3. The fourth-order valence-electron chi connectivity index (χ4n) is 2.21. The van der Waals surface area contributed by atoms with Crippen LogP contribution in [0.25, 0.3) is 0 Å². The molecule has 0 bridgehead atoms. The van der Waals surface area contributed by atoms with Gasteiger partial charge >= 0.3 is 0 Å². The Kier molecular flexibility index (Phi) is 6.35. The van der Waals surface area contributed by atoms with Gasteiger partial charge in [-0.3, -0.25) is 0 Å². The highest BCUT2D eigenvalue weighted by molar-refractivity contribution is 5.44. The number of rotatable bonds is 8. The van der Waals surface area contributed by atoms with Crippen LogP contribution in [-0.4, -0.2) is 13.0 Å². The van der Waals surface area contributed by atoms with Crippen LogP contribution in [0.1, 0.15) is 30.5 Å². The summed E-state index contributed by atoms with van der Waals surface area (Å²) in [4.78, 5) is 0. The average Bonchev–Trinajstić information content (AvgIpc) is 2.54. The van der Waals surface area contributed by atoms with Crippen LogP contribution in [0.15, 0.2) is 48.5 Å². The van der Waals surface area contributed by atoms with Gasteiger partial charge in [0.05, 0.1) is 6.61 Å². The Bertz CT molecular complexity index is 605. The molecule has 2 aromatic rings. The molecular weight excluding hydrogens is 300 g/mol. The summed E-state index contributed by atoms with van der Waals surface area (Å²) in [6, 6.07) is 14.1. The lowest BCUT2D eigenvalue weighted by Gasteiger charge is -2.16. The predicted molar refractivity (Wildman–Crippen MR) is 85.9 cm³/mol. The second-order valence-electron chi connectivity index (χ2n) is 5.15. The Morgan fingerprint density at radius 3 is 2.39 bits per heavy atom. The van der Waals surface area contributed by atoms with Gasteiger partial charge in [0.25, 0.3) is 0 Å². The highest BCUT2D eigenvalue weighted by Crippen LogP contribution is 2.32. The third-order valence-corrected chi connectivity index (χ3v) is 3.37. The normalized spacial score (nSPS) is 12.2. The van der Waals surface area contributed by atoms with Crippen molar-refractivity contribution in [3.05, 3.63) is 59.7 Å². The number of ether oxygens (including phenoxy) is 2. The molecule has 0 aromatic heterocycles. The van der Waals surface area contributed by atoms with Crippen molar-refractivity contribution in [2.45, 2.75) is 32.4 Å². The molecule has 0 heterocycles. The van der Waals surface area contributed by atoms with Crippen LogP contribution in [0.5, 0.6) is 11.5 Å². The van der Waals surface area contributed by atoms with Crippen LogP contribution in [0.2, 0.25) is 0 Å². The van der Waals surface area contributed by atoms with Crippen molar-refractivity contribution in [3.63, 3.8) is 0 Å². The van der Waals surface area contributed by atoms with Crippen LogP contribution in [0.4, 0.5) is 8.78 Å². The Hall–Kier alpha value is -2.14. The summed E-state index contributed by atoms with van der Waals surface area (Å²) in [5.41, 5.74) is 7.45. The van der Waals surface area contributed by atoms with Crippen molar-refractivity contribution in [2.24, 2.45) is 5.73 Å². The largest absolute Gasteiger partial charge is 0.490 e. The Morgan fingerprint density at radius 2 is 1.74 bits per heavy atom. The van der Waals surface area contributed by atoms with E-state index < -0.39 is 12.5 Å². The van der Waals surface area contributed by atoms with E-state index in [1.807, 2.05) is 37.3 Å². The molecule has 0 radical (unpaired) electrons. The summed E-state index contributed by atoms with van der Waals surface area (Å²) in [7, 11) is 0. The van der Waals surface area contributed by atoms with E-state index in [-0.39, 0.29) is 6.42 Å². The third kappa shape index (κ3) is 5.21. The molecule has 0 aliphatic rings. The minimum absolute atomic E-state index is 0.379. The maximum atomic E-state index is 12.5. The molecule has 0 unspecified atom stereocenters. The lowest BCUT2D eigenvalue weighted by Crippen LogP contribution is -2.14. The highest BCUT2D eigenvalue weighted by Gasteiger charge is 2.15. The molecule has 2 N–H and O–H groups in total. The molecule has 0 fully saturated rings. The molecule has 0 spiro atoms. The fraction of sp³-hybridized carbons (Fsp3) is 0.333. The fourth-order valence-corrected chi connectivity index (χ4v) is 2.21. The first-order valence-corrected chi connectivity index (χ1v) is 7.57. The quantitative estimate of drug-likeness (QED) is 0.787. The van der Waals surface area contributed by atoms with E-state index in [9.17, 15) is 8.78 Å². The van der Waals surface area contributed by atoms with Gasteiger partial charge in [-0.05, 0) is 30.2 Å². The Morgan fingerprint density at radius 1 is 1.00 bits per heavy atom. The predicted octanol–water partition coefficient (Wildman–Crippen LogP) is 4.32. The molecule has 0 saturated carbocycles. The Balaban J connectivity index is 2.12. The number of benzene rings is 2. The van der Waals surface area contributed by atoms with E-state index in [1.165, 1.54) is 0 Å². The lowest BCUT2D eigenvalue weighted by atomic mass is 10.0. The summed E-state index contributed by atoms with van der Waals surface area (Å²) < 4.78 is 36.3. The third-order valence-electron chi connectivity index (χ3n) is 3.37. The van der Waals surface area contributed by atoms with Gasteiger partial charge in [-0.25, -0.2) is 8.78 Å². The minimum Gasteiger partial charge on any atom is -0.490 e. The van der Waals surface area contributed by atoms with Gasteiger partial charge in [-0.15, -0.1) is 0 Å². The van der Waals surface area contributed by atoms with Gasteiger partial charge in [0.15, 0.2) is 11.5 Å². The van der Waals surface area contributed by atoms with Gasteiger partial charge in [0.2, 0.25) is 6.43 Å². The molecule has 2 rings (SSSR count). The first kappa shape index (κ1) is 17.2. The number of alkyl halides is 2. The maximum Gasteiger partial charge on any atom is 0.240 e. The molecule has 2 aromatic carbocycles. The minimum atomic E-state index is -2.44. The van der Waals surface area contributed by atoms with Crippen molar-refractivity contribution >= 4 is 0 Å². The van der Waals surface area contributed by atoms with E-state index in [4.69, 9.17) is 15.2 Å². The summed E-state index contributed by atoms with van der Waals surface area (Å²) >= 11 is 0. The molecular formula is C18H21F2NO2. The zero-order valence-electron chi connectivity index (χ0n) is 13.0. The van der Waals surface area contributed by atoms with Gasteiger partial charge in [0, 0.05) is 12.5 Å². The second-order valence-corrected chi connectivity index (χ2v) is 5.15. The van der Waals surface area contributed by atoms with E-state index in [0.29, 0.717) is 30.3 Å². The van der Waals surface area contributed by atoms with Gasteiger partial charge < -0.3 is 15.2 Å². The smallest absolute Gasteiger partial charge is 0.240 e. The molecule has 3 nitrogen and oxygen atoms in total. The molecule has 23 heavy (non-hydrogen) atoms. The van der Waals surface area contributed by atoms with Crippen molar-refractivity contribution in [2.75, 3.05) is 6.61 Å². The van der Waals surface area contributed by atoms with Crippen LogP contribution in [-0.2, 0) is 6.61 Å². The number of hydrogen-bond donors (Lipinski definition) is 1. The molecule has 0 aliphatic carbocycles. The summed E-state index contributed by atoms with van der Waals surface area (Å²) in [6.45, 7) is 2.71.